The molecule has 0 aliphatic carbocycles. The molecule has 88 valence electrons. The fourth-order valence-corrected chi connectivity index (χ4v) is 1.64. The molecule has 2 nitrogen and oxygen atoms in total. The Bertz CT molecular complexity index is 467. The van der Waals surface area contributed by atoms with Gasteiger partial charge in [0.1, 0.15) is 5.76 Å². The maximum atomic E-state index is 11.6. The molecule has 1 aromatic rings. The van der Waals surface area contributed by atoms with E-state index in [0.717, 1.165) is 12.0 Å². The SMILES string of the molecule is CC(C)C/C=C1\C=C(c2ccccc2)OC1=O. The van der Waals surface area contributed by atoms with Crippen molar-refractivity contribution in [2.45, 2.75) is 20.3 Å². The Balaban J connectivity index is 2.20. The smallest absolute Gasteiger partial charge is 0.343 e. The number of allylic oxidation sites excluding steroid dienone is 1. The lowest BCUT2D eigenvalue weighted by atomic mass is 10.1. The molecule has 1 heterocycles. The Labute approximate surface area is 102 Å². The molecule has 1 aromatic carbocycles. The summed E-state index contributed by atoms with van der Waals surface area (Å²) in [4.78, 5) is 11.6. The number of cyclic esters (lactones) is 1. The molecule has 0 aromatic heterocycles. The molecule has 0 amide bonds. The molecule has 0 saturated heterocycles. The Morgan fingerprint density at radius 1 is 1.24 bits per heavy atom. The highest BCUT2D eigenvalue weighted by Crippen LogP contribution is 2.26. The van der Waals surface area contributed by atoms with E-state index in [0.29, 0.717) is 17.3 Å². The highest BCUT2D eigenvalue weighted by atomic mass is 16.5. The molecular formula is C15H16O2. The van der Waals surface area contributed by atoms with Gasteiger partial charge in [0.25, 0.3) is 0 Å². The van der Waals surface area contributed by atoms with Gasteiger partial charge < -0.3 is 4.74 Å². The van der Waals surface area contributed by atoms with Gasteiger partial charge in [-0.3, -0.25) is 0 Å². The van der Waals surface area contributed by atoms with E-state index in [4.69, 9.17) is 4.74 Å². The zero-order chi connectivity index (χ0) is 12.3. The molecule has 0 N–H and O–H groups in total. The van der Waals surface area contributed by atoms with E-state index in [1.807, 2.05) is 42.5 Å². The third-order valence-electron chi connectivity index (χ3n) is 2.59. The van der Waals surface area contributed by atoms with E-state index in [9.17, 15) is 4.79 Å². The number of benzene rings is 1. The van der Waals surface area contributed by atoms with Gasteiger partial charge in [0.15, 0.2) is 0 Å². The first-order chi connectivity index (χ1) is 8.16. The maximum Gasteiger partial charge on any atom is 0.343 e. The first-order valence-electron chi connectivity index (χ1n) is 5.86. The third kappa shape index (κ3) is 2.84. The molecule has 0 fully saturated rings. The van der Waals surface area contributed by atoms with Crippen LogP contribution >= 0.6 is 0 Å². The minimum Gasteiger partial charge on any atom is -0.422 e. The van der Waals surface area contributed by atoms with Crippen molar-refractivity contribution in [3.8, 4) is 0 Å². The van der Waals surface area contributed by atoms with Gasteiger partial charge in [0.05, 0.1) is 5.57 Å². The van der Waals surface area contributed by atoms with E-state index >= 15 is 0 Å². The van der Waals surface area contributed by atoms with Crippen LogP contribution in [0.15, 0.2) is 48.1 Å². The van der Waals surface area contributed by atoms with E-state index in [1.54, 1.807) is 0 Å². The van der Waals surface area contributed by atoms with Gasteiger partial charge in [-0.1, -0.05) is 50.3 Å². The van der Waals surface area contributed by atoms with Crippen molar-refractivity contribution in [3.63, 3.8) is 0 Å². The van der Waals surface area contributed by atoms with Crippen LogP contribution in [0.4, 0.5) is 0 Å². The lowest BCUT2D eigenvalue weighted by Crippen LogP contribution is -1.97. The normalized spacial score (nSPS) is 17.5. The minimum absolute atomic E-state index is 0.246. The summed E-state index contributed by atoms with van der Waals surface area (Å²) in [6.45, 7) is 4.25. The highest BCUT2D eigenvalue weighted by Gasteiger charge is 2.21. The van der Waals surface area contributed by atoms with Gasteiger partial charge in [-0.15, -0.1) is 0 Å². The zero-order valence-corrected chi connectivity index (χ0v) is 10.1. The summed E-state index contributed by atoms with van der Waals surface area (Å²) in [5.74, 6) is 0.944. The maximum absolute atomic E-state index is 11.6. The molecule has 0 atom stereocenters. The number of esters is 1. The average Bonchev–Trinajstić information content (AvgIpc) is 2.69. The van der Waals surface area contributed by atoms with Gasteiger partial charge in [-0.05, 0) is 18.4 Å². The predicted molar refractivity (Wildman–Crippen MR) is 68.0 cm³/mol. The topological polar surface area (TPSA) is 26.3 Å². The van der Waals surface area contributed by atoms with Crippen LogP contribution in [0.2, 0.25) is 0 Å². The second-order valence-corrected chi connectivity index (χ2v) is 4.55. The van der Waals surface area contributed by atoms with Crippen LogP contribution in [0.3, 0.4) is 0 Å². The first-order valence-corrected chi connectivity index (χ1v) is 5.86. The van der Waals surface area contributed by atoms with Crippen LogP contribution in [0, 0.1) is 5.92 Å². The summed E-state index contributed by atoms with van der Waals surface area (Å²) in [6, 6.07) is 9.67. The molecule has 2 heteroatoms. The number of hydrogen-bond donors (Lipinski definition) is 0. The molecule has 0 saturated carbocycles. The van der Waals surface area contributed by atoms with Crippen LogP contribution in [0.25, 0.3) is 5.76 Å². The summed E-state index contributed by atoms with van der Waals surface area (Å²) in [6.07, 6.45) is 4.66. The van der Waals surface area contributed by atoms with Crippen LogP contribution < -0.4 is 0 Å². The fraction of sp³-hybridized carbons (Fsp3) is 0.267. The van der Waals surface area contributed by atoms with Gasteiger partial charge in [0.2, 0.25) is 0 Å². The van der Waals surface area contributed by atoms with Crippen molar-refractivity contribution >= 4 is 11.7 Å². The second-order valence-electron chi connectivity index (χ2n) is 4.55. The Kier molecular flexibility index (Phi) is 3.43. The average molecular weight is 228 g/mol. The lowest BCUT2D eigenvalue weighted by Gasteiger charge is -2.00. The summed E-state index contributed by atoms with van der Waals surface area (Å²) < 4.78 is 5.25. The molecular weight excluding hydrogens is 212 g/mol. The lowest BCUT2D eigenvalue weighted by molar-refractivity contribution is -0.131. The quantitative estimate of drug-likeness (QED) is 0.584. The predicted octanol–water partition coefficient (Wildman–Crippen LogP) is 3.56. The number of ether oxygens (including phenoxy) is 1. The van der Waals surface area contributed by atoms with Gasteiger partial charge in [0, 0.05) is 5.56 Å². The third-order valence-corrected chi connectivity index (χ3v) is 2.59. The van der Waals surface area contributed by atoms with Crippen molar-refractivity contribution in [2.75, 3.05) is 0 Å². The summed E-state index contributed by atoms with van der Waals surface area (Å²) in [5, 5.41) is 0. The second kappa shape index (κ2) is 5.00. The first kappa shape index (κ1) is 11.6. The molecule has 0 bridgehead atoms. The fourth-order valence-electron chi connectivity index (χ4n) is 1.64. The Morgan fingerprint density at radius 2 is 1.94 bits per heavy atom. The molecule has 0 unspecified atom stereocenters. The van der Waals surface area contributed by atoms with Crippen LogP contribution in [0.1, 0.15) is 25.8 Å². The molecule has 0 radical (unpaired) electrons. The van der Waals surface area contributed by atoms with Crippen molar-refractivity contribution in [2.24, 2.45) is 5.92 Å². The van der Waals surface area contributed by atoms with E-state index in [1.165, 1.54) is 0 Å². The minimum atomic E-state index is -0.246. The van der Waals surface area contributed by atoms with Gasteiger partial charge in [-0.2, -0.15) is 0 Å². The number of carbonyl (C=O) groups is 1. The van der Waals surface area contributed by atoms with Gasteiger partial charge in [-0.25, -0.2) is 4.79 Å². The largest absolute Gasteiger partial charge is 0.422 e. The summed E-state index contributed by atoms with van der Waals surface area (Å²) >= 11 is 0. The van der Waals surface area contributed by atoms with E-state index < -0.39 is 0 Å². The van der Waals surface area contributed by atoms with Crippen LogP contribution in [0.5, 0.6) is 0 Å². The van der Waals surface area contributed by atoms with Gasteiger partial charge >= 0.3 is 5.97 Å². The van der Waals surface area contributed by atoms with Crippen molar-refractivity contribution in [3.05, 3.63) is 53.6 Å². The molecule has 1 aliphatic rings. The molecule has 0 spiro atoms. The van der Waals surface area contributed by atoms with Crippen LogP contribution in [-0.2, 0) is 9.53 Å². The highest BCUT2D eigenvalue weighted by molar-refractivity contribution is 6.01. The Morgan fingerprint density at radius 3 is 2.59 bits per heavy atom. The molecule has 17 heavy (non-hydrogen) atoms. The van der Waals surface area contributed by atoms with Crippen molar-refractivity contribution in [1.29, 1.82) is 0 Å². The van der Waals surface area contributed by atoms with Crippen molar-refractivity contribution < 1.29 is 9.53 Å². The monoisotopic (exact) mass is 228 g/mol. The standard InChI is InChI=1S/C15H16O2/c1-11(2)8-9-13-10-14(17-15(13)16)12-6-4-3-5-7-12/h3-7,9-11H,8H2,1-2H3/b13-9+. The number of rotatable bonds is 3. The van der Waals surface area contributed by atoms with Crippen molar-refractivity contribution in [1.82, 2.24) is 0 Å². The molecule has 2 rings (SSSR count). The number of hydrogen-bond acceptors (Lipinski definition) is 2. The summed E-state index contributed by atoms with van der Waals surface area (Å²) in [5.41, 5.74) is 1.60. The zero-order valence-electron chi connectivity index (χ0n) is 10.1. The van der Waals surface area contributed by atoms with E-state index in [2.05, 4.69) is 13.8 Å². The summed E-state index contributed by atoms with van der Waals surface area (Å²) in [7, 11) is 0. The van der Waals surface area contributed by atoms with Crippen LogP contribution in [-0.4, -0.2) is 5.97 Å². The molecule has 1 aliphatic heterocycles. The Hall–Kier alpha value is -1.83. The number of carbonyl (C=O) groups excluding carboxylic acids is 1. The van der Waals surface area contributed by atoms with E-state index in [-0.39, 0.29) is 5.97 Å².